The van der Waals surface area contributed by atoms with Crippen LogP contribution in [0.4, 0.5) is 5.82 Å². The van der Waals surface area contributed by atoms with E-state index in [0.29, 0.717) is 23.8 Å². The molecule has 1 aromatic carbocycles. The first-order valence-electron chi connectivity index (χ1n) is 12.1. The lowest BCUT2D eigenvalue weighted by Gasteiger charge is -2.33. The summed E-state index contributed by atoms with van der Waals surface area (Å²) < 4.78 is 1.82. The number of anilines is 1. The number of nitrogens with one attached hydrogen (secondary N) is 1. The fourth-order valence-corrected chi connectivity index (χ4v) is 5.42. The zero-order valence-corrected chi connectivity index (χ0v) is 19.4. The third-order valence-corrected chi connectivity index (χ3v) is 7.26. The van der Waals surface area contributed by atoms with Crippen LogP contribution in [0.25, 0.3) is 11.2 Å². The SMILES string of the molecule is C.O=C(c1cc(N2CCC(n3c(=O)[nH]c4ncccc43)CC2)ncn1)N1CCC(c2ccccc2)C1. The van der Waals surface area contributed by atoms with Gasteiger partial charge < -0.3 is 9.80 Å². The molecule has 0 spiro atoms. The number of imidazole rings is 1. The van der Waals surface area contributed by atoms with E-state index >= 15 is 0 Å². The Labute approximate surface area is 209 Å². The van der Waals surface area contributed by atoms with Crippen LogP contribution in [-0.2, 0) is 0 Å². The molecule has 5 heterocycles. The van der Waals surface area contributed by atoms with Crippen molar-refractivity contribution in [3.63, 3.8) is 0 Å². The molecule has 36 heavy (non-hydrogen) atoms. The Hall–Kier alpha value is -4.01. The number of aromatic nitrogens is 5. The Morgan fingerprint density at radius 3 is 2.56 bits per heavy atom. The van der Waals surface area contributed by atoms with Gasteiger partial charge in [0.1, 0.15) is 17.8 Å². The molecule has 2 fully saturated rings. The lowest BCUT2D eigenvalue weighted by Crippen LogP contribution is -2.37. The Morgan fingerprint density at radius 1 is 0.944 bits per heavy atom. The van der Waals surface area contributed by atoms with Gasteiger partial charge in [-0.2, -0.15) is 0 Å². The fraction of sp³-hybridized carbons (Fsp3) is 0.370. The summed E-state index contributed by atoms with van der Waals surface area (Å²) in [6.45, 7) is 2.93. The van der Waals surface area contributed by atoms with Gasteiger partial charge in [0.25, 0.3) is 5.91 Å². The third kappa shape index (κ3) is 4.36. The molecule has 0 saturated carbocycles. The number of amides is 1. The smallest absolute Gasteiger partial charge is 0.327 e. The first-order chi connectivity index (χ1) is 17.2. The maximum Gasteiger partial charge on any atom is 0.327 e. The van der Waals surface area contributed by atoms with E-state index in [-0.39, 0.29) is 25.1 Å². The highest BCUT2D eigenvalue weighted by Crippen LogP contribution is 2.29. The van der Waals surface area contributed by atoms with Crippen molar-refractivity contribution in [2.24, 2.45) is 0 Å². The number of piperidine rings is 1. The molecule has 0 bridgehead atoms. The van der Waals surface area contributed by atoms with E-state index in [0.717, 1.165) is 50.2 Å². The summed E-state index contributed by atoms with van der Waals surface area (Å²) >= 11 is 0. The number of nitrogens with zero attached hydrogens (tertiary/aromatic N) is 6. The van der Waals surface area contributed by atoms with Gasteiger partial charge in [0, 0.05) is 50.4 Å². The van der Waals surface area contributed by atoms with E-state index in [9.17, 15) is 9.59 Å². The number of aromatic amines is 1. The first kappa shape index (κ1) is 23.7. The molecular weight excluding hydrogens is 454 g/mol. The van der Waals surface area contributed by atoms with Crippen molar-refractivity contribution in [3.05, 3.63) is 82.8 Å². The highest BCUT2D eigenvalue weighted by atomic mass is 16.2. The Morgan fingerprint density at radius 2 is 1.75 bits per heavy atom. The molecule has 0 aliphatic carbocycles. The Balaban J connectivity index is 0.00000267. The van der Waals surface area contributed by atoms with Crippen molar-refractivity contribution in [3.8, 4) is 0 Å². The number of carbonyl (C=O) groups is 1. The minimum Gasteiger partial charge on any atom is -0.356 e. The second kappa shape index (κ2) is 9.93. The number of rotatable bonds is 4. The highest BCUT2D eigenvalue weighted by Gasteiger charge is 2.30. The summed E-state index contributed by atoms with van der Waals surface area (Å²) in [5.41, 5.74) is 3.05. The van der Waals surface area contributed by atoms with Gasteiger partial charge in [-0.15, -0.1) is 0 Å². The fourth-order valence-electron chi connectivity index (χ4n) is 5.42. The largest absolute Gasteiger partial charge is 0.356 e. The number of benzene rings is 1. The van der Waals surface area contributed by atoms with Crippen LogP contribution in [0.3, 0.4) is 0 Å². The van der Waals surface area contributed by atoms with Gasteiger partial charge in [-0.25, -0.2) is 19.7 Å². The lowest BCUT2D eigenvalue weighted by atomic mass is 9.99. The predicted molar refractivity (Wildman–Crippen MR) is 139 cm³/mol. The van der Waals surface area contributed by atoms with Crippen molar-refractivity contribution < 1.29 is 4.79 Å². The number of fused-ring (bicyclic) bond motifs is 1. The molecule has 2 aliphatic heterocycles. The summed E-state index contributed by atoms with van der Waals surface area (Å²) in [5, 5.41) is 0. The summed E-state index contributed by atoms with van der Waals surface area (Å²) in [7, 11) is 0. The highest BCUT2D eigenvalue weighted by molar-refractivity contribution is 5.93. The lowest BCUT2D eigenvalue weighted by molar-refractivity contribution is 0.0785. The molecule has 0 radical (unpaired) electrons. The molecule has 9 heteroatoms. The topological polar surface area (TPSA) is 100 Å². The minimum absolute atomic E-state index is 0. The predicted octanol–water partition coefficient (Wildman–Crippen LogP) is 3.62. The molecule has 9 nitrogen and oxygen atoms in total. The number of carbonyl (C=O) groups excluding carboxylic acids is 1. The van der Waals surface area contributed by atoms with Crippen molar-refractivity contribution in [1.82, 2.24) is 29.4 Å². The van der Waals surface area contributed by atoms with Crippen molar-refractivity contribution in [1.29, 1.82) is 0 Å². The van der Waals surface area contributed by atoms with Gasteiger partial charge in [-0.1, -0.05) is 37.8 Å². The van der Waals surface area contributed by atoms with E-state index in [4.69, 9.17) is 0 Å². The van der Waals surface area contributed by atoms with E-state index < -0.39 is 0 Å². The zero-order valence-electron chi connectivity index (χ0n) is 19.4. The monoisotopic (exact) mass is 485 g/mol. The summed E-state index contributed by atoms with van der Waals surface area (Å²) in [6, 6.07) is 16.1. The van der Waals surface area contributed by atoms with Crippen molar-refractivity contribution in [2.75, 3.05) is 31.1 Å². The molecule has 4 aromatic rings. The average Bonchev–Trinajstić information content (AvgIpc) is 3.53. The van der Waals surface area contributed by atoms with Gasteiger partial charge in [0.05, 0.1) is 5.52 Å². The number of H-pyrrole nitrogens is 1. The molecule has 1 atom stereocenters. The standard InChI is InChI=1S/C26H27N7O2.CH4/c34-25(32-12-8-19(16-32)18-5-2-1-3-6-18)21-15-23(29-17-28-21)31-13-9-20(10-14-31)33-22-7-4-11-27-24(22)30-26(33)35;/h1-7,11,15,17,19-20H,8-10,12-14,16H2,(H,27,30,35);1H4. The second-order valence-electron chi connectivity index (χ2n) is 9.30. The van der Waals surface area contributed by atoms with Gasteiger partial charge in [0.2, 0.25) is 0 Å². The maximum absolute atomic E-state index is 13.2. The molecular formula is C27H31N7O2. The van der Waals surface area contributed by atoms with Gasteiger partial charge in [-0.05, 0) is 37.0 Å². The average molecular weight is 486 g/mol. The Kier molecular flexibility index (Phi) is 6.54. The minimum atomic E-state index is -0.119. The molecule has 1 unspecified atom stereocenters. The number of hydrogen-bond donors (Lipinski definition) is 1. The van der Waals surface area contributed by atoms with Crippen LogP contribution >= 0.6 is 0 Å². The van der Waals surface area contributed by atoms with Crippen LogP contribution in [0.5, 0.6) is 0 Å². The van der Waals surface area contributed by atoms with Crippen LogP contribution in [0.2, 0.25) is 0 Å². The normalized spacial score (nSPS) is 18.4. The van der Waals surface area contributed by atoms with Gasteiger partial charge >= 0.3 is 5.69 Å². The summed E-state index contributed by atoms with van der Waals surface area (Å²) in [4.78, 5) is 45.7. The van der Waals surface area contributed by atoms with Crippen LogP contribution in [0, 0.1) is 0 Å². The number of hydrogen-bond acceptors (Lipinski definition) is 6. The van der Waals surface area contributed by atoms with Gasteiger partial charge in [-0.3, -0.25) is 14.3 Å². The second-order valence-corrected chi connectivity index (χ2v) is 9.30. The van der Waals surface area contributed by atoms with Crippen molar-refractivity contribution >= 4 is 22.9 Å². The zero-order chi connectivity index (χ0) is 23.8. The summed E-state index contributed by atoms with van der Waals surface area (Å²) in [5.74, 6) is 1.08. The third-order valence-electron chi connectivity index (χ3n) is 7.26. The molecule has 186 valence electrons. The molecule has 2 aliphatic rings. The van der Waals surface area contributed by atoms with E-state index in [2.05, 4.69) is 37.0 Å². The van der Waals surface area contributed by atoms with Gasteiger partial charge in [0.15, 0.2) is 5.65 Å². The van der Waals surface area contributed by atoms with E-state index in [1.54, 1.807) is 12.3 Å². The molecule has 6 rings (SSSR count). The number of likely N-dealkylation sites (tertiary alicyclic amines) is 1. The van der Waals surface area contributed by atoms with Crippen LogP contribution < -0.4 is 10.6 Å². The molecule has 1 N–H and O–H groups in total. The van der Waals surface area contributed by atoms with Crippen LogP contribution in [0.15, 0.2) is 65.8 Å². The Bertz CT molecular complexity index is 1410. The van der Waals surface area contributed by atoms with Crippen LogP contribution in [-0.4, -0.2) is 61.5 Å². The van der Waals surface area contributed by atoms with Crippen LogP contribution in [0.1, 0.15) is 54.7 Å². The molecule has 2 saturated heterocycles. The maximum atomic E-state index is 13.2. The number of pyridine rings is 1. The molecule has 1 amide bonds. The molecule has 3 aromatic heterocycles. The van der Waals surface area contributed by atoms with E-state index in [1.807, 2.05) is 39.8 Å². The summed E-state index contributed by atoms with van der Waals surface area (Å²) in [6.07, 6.45) is 5.74. The quantitative estimate of drug-likeness (QED) is 0.474. The van der Waals surface area contributed by atoms with E-state index in [1.165, 1.54) is 11.9 Å². The first-order valence-corrected chi connectivity index (χ1v) is 12.1. The van der Waals surface area contributed by atoms with Crippen molar-refractivity contribution in [2.45, 2.75) is 38.6 Å².